The lowest BCUT2D eigenvalue weighted by atomic mass is 10.2. The Morgan fingerprint density at radius 2 is 1.87 bits per heavy atom. The SMILES string of the molecule is CC(=O)Nc1ccc(-c2nc(C)cc(N3CCOCC3)n2)cc1. The number of ether oxygens (including phenoxy) is 1. The Hall–Kier alpha value is -2.47. The van der Waals surface area contributed by atoms with E-state index in [2.05, 4.69) is 15.2 Å². The molecule has 120 valence electrons. The smallest absolute Gasteiger partial charge is 0.221 e. The van der Waals surface area contributed by atoms with Gasteiger partial charge in [0.15, 0.2) is 5.82 Å². The highest BCUT2D eigenvalue weighted by molar-refractivity contribution is 5.88. The van der Waals surface area contributed by atoms with Crippen LogP contribution in [-0.4, -0.2) is 42.2 Å². The van der Waals surface area contributed by atoms with E-state index in [0.29, 0.717) is 5.82 Å². The molecule has 3 rings (SSSR count). The first-order valence-corrected chi connectivity index (χ1v) is 7.68. The zero-order chi connectivity index (χ0) is 16.2. The van der Waals surface area contributed by atoms with E-state index >= 15 is 0 Å². The molecule has 6 nitrogen and oxygen atoms in total. The number of aryl methyl sites for hydroxylation is 1. The van der Waals surface area contributed by atoms with Crippen molar-refractivity contribution in [3.05, 3.63) is 36.0 Å². The first kappa shape index (κ1) is 15.4. The molecule has 1 aliphatic rings. The van der Waals surface area contributed by atoms with Crippen molar-refractivity contribution in [2.75, 3.05) is 36.5 Å². The number of rotatable bonds is 3. The third kappa shape index (κ3) is 3.84. The van der Waals surface area contributed by atoms with Crippen LogP contribution in [0.3, 0.4) is 0 Å². The minimum atomic E-state index is -0.0841. The minimum Gasteiger partial charge on any atom is -0.378 e. The summed E-state index contributed by atoms with van der Waals surface area (Å²) in [6.45, 7) is 6.61. The summed E-state index contributed by atoms with van der Waals surface area (Å²) >= 11 is 0. The highest BCUT2D eigenvalue weighted by Gasteiger charge is 2.14. The van der Waals surface area contributed by atoms with Gasteiger partial charge in [0.2, 0.25) is 5.91 Å². The summed E-state index contributed by atoms with van der Waals surface area (Å²) in [7, 11) is 0. The second kappa shape index (κ2) is 6.75. The summed E-state index contributed by atoms with van der Waals surface area (Å²) < 4.78 is 5.39. The van der Waals surface area contributed by atoms with Crippen molar-refractivity contribution in [2.45, 2.75) is 13.8 Å². The Labute approximate surface area is 135 Å². The standard InChI is InChI=1S/C17H20N4O2/c1-12-11-16(21-7-9-23-10-8-21)20-17(18-12)14-3-5-15(6-4-14)19-13(2)22/h3-6,11H,7-10H2,1-2H3,(H,19,22). The van der Waals surface area contributed by atoms with E-state index in [0.717, 1.165) is 49.1 Å². The molecule has 23 heavy (non-hydrogen) atoms. The minimum absolute atomic E-state index is 0.0841. The maximum Gasteiger partial charge on any atom is 0.221 e. The predicted octanol–water partition coefficient (Wildman–Crippen LogP) is 2.25. The normalized spacial score (nSPS) is 14.6. The number of aromatic nitrogens is 2. The lowest BCUT2D eigenvalue weighted by Crippen LogP contribution is -2.36. The second-order valence-corrected chi connectivity index (χ2v) is 5.55. The number of morpholine rings is 1. The third-order valence-corrected chi connectivity index (χ3v) is 3.64. The van der Waals surface area contributed by atoms with Crippen LogP contribution in [0.2, 0.25) is 0 Å². The van der Waals surface area contributed by atoms with Crippen LogP contribution >= 0.6 is 0 Å². The fourth-order valence-corrected chi connectivity index (χ4v) is 2.54. The van der Waals surface area contributed by atoms with Gasteiger partial charge in [0.05, 0.1) is 13.2 Å². The van der Waals surface area contributed by atoms with Crippen LogP contribution in [0.1, 0.15) is 12.6 Å². The molecular weight excluding hydrogens is 292 g/mol. The Kier molecular flexibility index (Phi) is 4.52. The van der Waals surface area contributed by atoms with Crippen LogP contribution in [-0.2, 0) is 9.53 Å². The molecule has 1 fully saturated rings. The van der Waals surface area contributed by atoms with E-state index in [9.17, 15) is 4.79 Å². The molecule has 2 aromatic rings. The largest absolute Gasteiger partial charge is 0.378 e. The number of hydrogen-bond donors (Lipinski definition) is 1. The van der Waals surface area contributed by atoms with E-state index in [-0.39, 0.29) is 5.91 Å². The quantitative estimate of drug-likeness (QED) is 0.941. The molecule has 0 atom stereocenters. The molecule has 1 saturated heterocycles. The molecule has 1 aromatic carbocycles. The zero-order valence-electron chi connectivity index (χ0n) is 13.4. The van der Waals surface area contributed by atoms with Gasteiger partial charge < -0.3 is 15.0 Å². The molecule has 0 unspecified atom stereocenters. The van der Waals surface area contributed by atoms with E-state index in [1.165, 1.54) is 6.92 Å². The van der Waals surface area contributed by atoms with Crippen molar-refractivity contribution in [3.63, 3.8) is 0 Å². The van der Waals surface area contributed by atoms with Crippen LogP contribution in [0.4, 0.5) is 11.5 Å². The molecule has 0 saturated carbocycles. The molecule has 0 aliphatic carbocycles. The number of benzene rings is 1. The van der Waals surface area contributed by atoms with E-state index < -0.39 is 0 Å². The lowest BCUT2D eigenvalue weighted by molar-refractivity contribution is -0.114. The fraction of sp³-hybridized carbons (Fsp3) is 0.353. The van der Waals surface area contributed by atoms with Crippen LogP contribution in [0.5, 0.6) is 0 Å². The summed E-state index contributed by atoms with van der Waals surface area (Å²) in [5.41, 5.74) is 2.63. The van der Waals surface area contributed by atoms with Crippen molar-refractivity contribution in [1.82, 2.24) is 9.97 Å². The van der Waals surface area contributed by atoms with Crippen molar-refractivity contribution in [2.24, 2.45) is 0 Å². The molecule has 2 heterocycles. The molecule has 1 amide bonds. The number of amides is 1. The van der Waals surface area contributed by atoms with Gasteiger partial charge in [-0.3, -0.25) is 4.79 Å². The van der Waals surface area contributed by atoms with Gasteiger partial charge in [-0.05, 0) is 31.2 Å². The van der Waals surface area contributed by atoms with E-state index in [1.54, 1.807) is 0 Å². The van der Waals surface area contributed by atoms with Crippen LogP contribution in [0.15, 0.2) is 30.3 Å². The first-order chi connectivity index (χ1) is 11.1. The second-order valence-electron chi connectivity index (χ2n) is 5.55. The Morgan fingerprint density at radius 1 is 1.17 bits per heavy atom. The summed E-state index contributed by atoms with van der Waals surface area (Å²) in [5.74, 6) is 1.54. The molecule has 0 radical (unpaired) electrons. The maximum absolute atomic E-state index is 11.1. The van der Waals surface area contributed by atoms with Crippen LogP contribution in [0, 0.1) is 6.92 Å². The number of nitrogens with zero attached hydrogens (tertiary/aromatic N) is 3. The molecule has 1 N–H and O–H groups in total. The monoisotopic (exact) mass is 312 g/mol. The number of anilines is 2. The molecule has 1 aromatic heterocycles. The van der Waals surface area contributed by atoms with E-state index in [1.807, 2.05) is 37.3 Å². The Balaban J connectivity index is 1.87. The van der Waals surface area contributed by atoms with Gasteiger partial charge in [-0.2, -0.15) is 0 Å². The van der Waals surface area contributed by atoms with Crippen molar-refractivity contribution in [1.29, 1.82) is 0 Å². The molecular formula is C17H20N4O2. The summed E-state index contributed by atoms with van der Waals surface area (Å²) in [5, 5.41) is 2.76. The van der Waals surface area contributed by atoms with Gasteiger partial charge in [-0.1, -0.05) is 0 Å². The molecule has 1 aliphatic heterocycles. The van der Waals surface area contributed by atoms with Crippen molar-refractivity contribution < 1.29 is 9.53 Å². The van der Waals surface area contributed by atoms with Crippen LogP contribution < -0.4 is 10.2 Å². The topological polar surface area (TPSA) is 67.4 Å². The first-order valence-electron chi connectivity index (χ1n) is 7.68. The third-order valence-electron chi connectivity index (χ3n) is 3.64. The van der Waals surface area contributed by atoms with Gasteiger partial charge in [0.25, 0.3) is 0 Å². The number of nitrogens with one attached hydrogen (secondary N) is 1. The number of hydrogen-bond acceptors (Lipinski definition) is 5. The number of carbonyl (C=O) groups is 1. The Bertz CT molecular complexity index is 694. The van der Waals surface area contributed by atoms with Gasteiger partial charge >= 0.3 is 0 Å². The molecule has 0 bridgehead atoms. The molecule has 0 spiro atoms. The predicted molar refractivity (Wildman–Crippen MR) is 89.5 cm³/mol. The highest BCUT2D eigenvalue weighted by atomic mass is 16.5. The van der Waals surface area contributed by atoms with Crippen LogP contribution in [0.25, 0.3) is 11.4 Å². The van der Waals surface area contributed by atoms with Gasteiger partial charge in [0, 0.05) is 43.0 Å². The summed E-state index contributed by atoms with van der Waals surface area (Å²) in [6, 6.07) is 9.56. The maximum atomic E-state index is 11.1. The Morgan fingerprint density at radius 3 is 2.52 bits per heavy atom. The number of carbonyl (C=O) groups excluding carboxylic acids is 1. The van der Waals surface area contributed by atoms with Gasteiger partial charge in [0.1, 0.15) is 5.82 Å². The summed E-state index contributed by atoms with van der Waals surface area (Å²) in [6.07, 6.45) is 0. The van der Waals surface area contributed by atoms with Gasteiger partial charge in [-0.25, -0.2) is 9.97 Å². The highest BCUT2D eigenvalue weighted by Crippen LogP contribution is 2.22. The summed E-state index contributed by atoms with van der Waals surface area (Å²) in [4.78, 5) is 22.5. The van der Waals surface area contributed by atoms with Gasteiger partial charge in [-0.15, -0.1) is 0 Å². The zero-order valence-corrected chi connectivity index (χ0v) is 13.4. The lowest BCUT2D eigenvalue weighted by Gasteiger charge is -2.28. The fourth-order valence-electron chi connectivity index (χ4n) is 2.54. The average Bonchev–Trinajstić information content (AvgIpc) is 2.55. The van der Waals surface area contributed by atoms with Crippen molar-refractivity contribution >= 4 is 17.4 Å². The average molecular weight is 312 g/mol. The molecule has 6 heteroatoms. The van der Waals surface area contributed by atoms with E-state index in [4.69, 9.17) is 9.72 Å². The van der Waals surface area contributed by atoms with Crippen molar-refractivity contribution in [3.8, 4) is 11.4 Å².